The molecule has 0 fully saturated rings. The number of rotatable bonds is 8. The Morgan fingerprint density at radius 3 is 2.82 bits per heavy atom. The van der Waals surface area contributed by atoms with Gasteiger partial charge in [0.1, 0.15) is 0 Å². The van der Waals surface area contributed by atoms with Gasteiger partial charge >= 0.3 is 0 Å². The summed E-state index contributed by atoms with van der Waals surface area (Å²) in [6.07, 6.45) is 4.69. The molecule has 0 unspecified atom stereocenters. The summed E-state index contributed by atoms with van der Waals surface area (Å²) < 4.78 is 24.6. The molecule has 5 nitrogen and oxygen atoms in total. The lowest BCUT2D eigenvalue weighted by atomic mass is 10.4. The van der Waals surface area contributed by atoms with E-state index in [9.17, 15) is 8.42 Å². The van der Waals surface area contributed by atoms with Gasteiger partial charge in [0.25, 0.3) is 0 Å². The van der Waals surface area contributed by atoms with Gasteiger partial charge in [0.2, 0.25) is 0 Å². The molecule has 0 atom stereocenters. The van der Waals surface area contributed by atoms with Gasteiger partial charge in [0.05, 0.1) is 17.8 Å². The Morgan fingerprint density at radius 2 is 2.18 bits per heavy atom. The van der Waals surface area contributed by atoms with Gasteiger partial charge in [-0.3, -0.25) is 0 Å². The molecule has 0 spiro atoms. The van der Waals surface area contributed by atoms with E-state index in [4.69, 9.17) is 0 Å². The normalized spacial score (nSPS) is 11.9. The van der Waals surface area contributed by atoms with Crippen molar-refractivity contribution in [2.75, 3.05) is 18.1 Å². The summed E-state index contributed by atoms with van der Waals surface area (Å²) in [7, 11) is -2.87. The van der Waals surface area contributed by atoms with Crippen molar-refractivity contribution in [1.82, 2.24) is 14.9 Å². The molecule has 0 aliphatic rings. The predicted molar refractivity (Wildman–Crippen MR) is 68.6 cm³/mol. The Bertz CT molecular complexity index is 426. The van der Waals surface area contributed by atoms with Crippen molar-refractivity contribution in [1.29, 1.82) is 0 Å². The third kappa shape index (κ3) is 4.87. The van der Waals surface area contributed by atoms with Crippen LogP contribution >= 0.6 is 0 Å². The molecule has 98 valence electrons. The fourth-order valence-corrected chi connectivity index (χ4v) is 2.27. The van der Waals surface area contributed by atoms with Gasteiger partial charge in [-0.05, 0) is 6.42 Å². The average Bonchev–Trinajstić information content (AvgIpc) is 2.73. The van der Waals surface area contributed by atoms with E-state index in [1.54, 1.807) is 6.92 Å². The number of imidazole rings is 1. The smallest absolute Gasteiger partial charge is 0.151 e. The fourth-order valence-electron chi connectivity index (χ4n) is 1.53. The van der Waals surface area contributed by atoms with Crippen molar-refractivity contribution in [3.63, 3.8) is 0 Å². The quantitative estimate of drug-likeness (QED) is 0.702. The van der Waals surface area contributed by atoms with Crippen LogP contribution in [-0.2, 0) is 22.9 Å². The standard InChI is InChI=1S/C11H21N3O2S/c1-3-6-14-10-13-9-11(14)8-12-5-7-17(15,16)4-2/h9-10,12H,3-8H2,1-2H3. The Hall–Kier alpha value is -0.880. The van der Waals surface area contributed by atoms with Crippen LogP contribution in [-0.4, -0.2) is 36.0 Å². The highest BCUT2D eigenvalue weighted by atomic mass is 32.2. The first kappa shape index (κ1) is 14.2. The van der Waals surface area contributed by atoms with E-state index < -0.39 is 9.84 Å². The summed E-state index contributed by atoms with van der Waals surface area (Å²) >= 11 is 0. The van der Waals surface area contributed by atoms with E-state index in [1.165, 1.54) is 0 Å². The second kappa shape index (κ2) is 6.76. The van der Waals surface area contributed by atoms with E-state index in [2.05, 4.69) is 21.8 Å². The first-order valence-electron chi connectivity index (χ1n) is 5.99. The highest BCUT2D eigenvalue weighted by molar-refractivity contribution is 7.91. The van der Waals surface area contributed by atoms with Crippen molar-refractivity contribution < 1.29 is 8.42 Å². The average molecular weight is 259 g/mol. The number of nitrogens with one attached hydrogen (secondary N) is 1. The fraction of sp³-hybridized carbons (Fsp3) is 0.727. The van der Waals surface area contributed by atoms with Crippen LogP contribution in [0.2, 0.25) is 0 Å². The van der Waals surface area contributed by atoms with Crippen LogP contribution in [0.5, 0.6) is 0 Å². The zero-order valence-corrected chi connectivity index (χ0v) is 11.3. The van der Waals surface area contributed by atoms with Crippen LogP contribution in [0.15, 0.2) is 12.5 Å². The van der Waals surface area contributed by atoms with Gasteiger partial charge in [0.15, 0.2) is 9.84 Å². The van der Waals surface area contributed by atoms with Crippen LogP contribution in [0, 0.1) is 0 Å². The molecule has 0 radical (unpaired) electrons. The second-order valence-electron chi connectivity index (χ2n) is 3.99. The van der Waals surface area contributed by atoms with E-state index in [1.807, 2.05) is 12.5 Å². The van der Waals surface area contributed by atoms with Crippen molar-refractivity contribution in [2.24, 2.45) is 0 Å². The summed E-state index contributed by atoms with van der Waals surface area (Å²) in [5.41, 5.74) is 1.10. The molecule has 1 N–H and O–H groups in total. The van der Waals surface area contributed by atoms with Crippen molar-refractivity contribution in [2.45, 2.75) is 33.4 Å². The van der Waals surface area contributed by atoms with E-state index in [0.717, 1.165) is 18.7 Å². The second-order valence-corrected chi connectivity index (χ2v) is 6.46. The lowest BCUT2D eigenvalue weighted by molar-refractivity contribution is 0.585. The maximum atomic E-state index is 11.3. The van der Waals surface area contributed by atoms with Crippen LogP contribution in [0.4, 0.5) is 0 Å². The van der Waals surface area contributed by atoms with Gasteiger partial charge < -0.3 is 9.88 Å². The van der Waals surface area contributed by atoms with E-state index in [0.29, 0.717) is 13.1 Å². The number of aryl methyl sites for hydroxylation is 1. The number of hydrogen-bond donors (Lipinski definition) is 1. The van der Waals surface area contributed by atoms with Crippen molar-refractivity contribution in [3.05, 3.63) is 18.2 Å². The minimum atomic E-state index is -2.87. The van der Waals surface area contributed by atoms with Gasteiger partial charge in [0, 0.05) is 31.6 Å². The Labute approximate surface area is 103 Å². The van der Waals surface area contributed by atoms with Crippen LogP contribution in [0.1, 0.15) is 26.0 Å². The number of hydrogen-bond acceptors (Lipinski definition) is 4. The Kier molecular flexibility index (Phi) is 5.64. The molecule has 1 heterocycles. The van der Waals surface area contributed by atoms with E-state index in [-0.39, 0.29) is 11.5 Å². The molecule has 0 bridgehead atoms. The molecular formula is C11H21N3O2S. The first-order chi connectivity index (χ1) is 8.09. The maximum absolute atomic E-state index is 11.3. The molecule has 1 aromatic heterocycles. The molecule has 6 heteroatoms. The summed E-state index contributed by atoms with van der Waals surface area (Å²) in [4.78, 5) is 4.09. The molecule has 1 aromatic rings. The third-order valence-electron chi connectivity index (χ3n) is 2.60. The number of aromatic nitrogens is 2. The van der Waals surface area contributed by atoms with Crippen LogP contribution < -0.4 is 5.32 Å². The molecule has 0 aromatic carbocycles. The topological polar surface area (TPSA) is 64.0 Å². The molecule has 0 aliphatic carbocycles. The summed E-state index contributed by atoms with van der Waals surface area (Å²) in [6.45, 7) is 5.90. The zero-order valence-electron chi connectivity index (χ0n) is 10.5. The minimum Gasteiger partial charge on any atom is -0.333 e. The highest BCUT2D eigenvalue weighted by Gasteiger charge is 2.06. The molecule has 0 saturated heterocycles. The van der Waals surface area contributed by atoms with Crippen LogP contribution in [0.3, 0.4) is 0 Å². The van der Waals surface area contributed by atoms with Gasteiger partial charge in [-0.1, -0.05) is 13.8 Å². The van der Waals surface area contributed by atoms with Gasteiger partial charge in [-0.15, -0.1) is 0 Å². The zero-order chi connectivity index (χ0) is 12.7. The predicted octanol–water partition coefficient (Wildman–Crippen LogP) is 0.817. The van der Waals surface area contributed by atoms with E-state index >= 15 is 0 Å². The summed E-state index contributed by atoms with van der Waals surface area (Å²) in [6, 6.07) is 0. The Balaban J connectivity index is 2.33. The number of sulfone groups is 1. The number of nitrogens with zero attached hydrogens (tertiary/aromatic N) is 2. The van der Waals surface area contributed by atoms with Crippen molar-refractivity contribution in [3.8, 4) is 0 Å². The third-order valence-corrected chi connectivity index (χ3v) is 4.30. The van der Waals surface area contributed by atoms with Crippen LogP contribution in [0.25, 0.3) is 0 Å². The molecular weight excluding hydrogens is 238 g/mol. The molecule has 17 heavy (non-hydrogen) atoms. The molecule has 0 saturated carbocycles. The lowest BCUT2D eigenvalue weighted by Crippen LogP contribution is -2.24. The summed E-state index contributed by atoms with van der Waals surface area (Å²) in [5.74, 6) is 0.411. The first-order valence-corrected chi connectivity index (χ1v) is 7.81. The largest absolute Gasteiger partial charge is 0.333 e. The minimum absolute atomic E-state index is 0.200. The highest BCUT2D eigenvalue weighted by Crippen LogP contribution is 2.00. The van der Waals surface area contributed by atoms with Gasteiger partial charge in [-0.25, -0.2) is 13.4 Å². The van der Waals surface area contributed by atoms with Crippen molar-refractivity contribution >= 4 is 9.84 Å². The van der Waals surface area contributed by atoms with Gasteiger partial charge in [-0.2, -0.15) is 0 Å². The lowest BCUT2D eigenvalue weighted by Gasteiger charge is -2.08. The summed E-state index contributed by atoms with van der Waals surface area (Å²) in [5, 5.41) is 3.14. The monoisotopic (exact) mass is 259 g/mol. The maximum Gasteiger partial charge on any atom is 0.151 e. The molecule has 1 rings (SSSR count). The Morgan fingerprint density at radius 1 is 1.41 bits per heavy atom. The SMILES string of the molecule is CCCn1cncc1CNCCS(=O)(=O)CC. The molecule has 0 aliphatic heterocycles. The molecule has 0 amide bonds.